The van der Waals surface area contributed by atoms with Gasteiger partial charge in [-0.2, -0.15) is 0 Å². The second-order valence-corrected chi connectivity index (χ2v) is 5.14. The normalized spacial score (nSPS) is 18.2. The van der Waals surface area contributed by atoms with Gasteiger partial charge in [0.15, 0.2) is 18.6 Å². The van der Waals surface area contributed by atoms with Gasteiger partial charge in [0.2, 0.25) is 0 Å². The van der Waals surface area contributed by atoms with Crippen molar-refractivity contribution in [2.24, 2.45) is 7.05 Å². The van der Waals surface area contributed by atoms with Crippen molar-refractivity contribution in [2.75, 3.05) is 0 Å². The third kappa shape index (κ3) is 2.00. The van der Waals surface area contributed by atoms with Crippen LogP contribution in [0.15, 0.2) is 48.7 Å². The Kier molecular flexibility index (Phi) is 2.51. The van der Waals surface area contributed by atoms with E-state index in [2.05, 4.69) is 67.1 Å². The van der Waals surface area contributed by atoms with Gasteiger partial charge in [-0.3, -0.25) is 0 Å². The first-order valence-electron chi connectivity index (χ1n) is 6.30. The van der Waals surface area contributed by atoms with Crippen LogP contribution in [0.1, 0.15) is 11.5 Å². The Balaban J connectivity index is 2.02. The van der Waals surface area contributed by atoms with E-state index in [-0.39, 0.29) is 0 Å². The van der Waals surface area contributed by atoms with Crippen molar-refractivity contribution in [1.29, 1.82) is 0 Å². The molecule has 1 nitrogen and oxygen atoms in total. The molecule has 0 saturated carbocycles. The molecule has 84 valence electrons. The number of pyridine rings is 1. The average Bonchev–Trinajstić information content (AvgIpc) is 3.08. The molecule has 1 aromatic carbocycles. The quantitative estimate of drug-likeness (QED) is 0.543. The summed E-state index contributed by atoms with van der Waals surface area (Å²) in [7, 11) is 2.15. The molecule has 1 atom stereocenters. The smallest absolute Gasteiger partial charge is 0.176 e. The predicted molar refractivity (Wildman–Crippen MR) is 72.2 cm³/mol. The fraction of sp³-hybridized carbons (Fsp3) is 0.267. The summed E-state index contributed by atoms with van der Waals surface area (Å²) in [5, 5.41) is 0. The fourth-order valence-electron chi connectivity index (χ4n) is 2.50. The number of aromatic nitrogens is 1. The minimum Gasteiger partial charge on any atom is -0.206 e. The van der Waals surface area contributed by atoms with Crippen LogP contribution < -0.4 is 4.57 Å². The summed E-state index contributed by atoms with van der Waals surface area (Å²) in [6.07, 6.45) is 3.52. The van der Waals surface area contributed by atoms with Crippen LogP contribution >= 0.6 is 0 Å². The zero-order valence-electron chi connectivity index (χ0n) is 10.4. The van der Waals surface area contributed by atoms with Crippen molar-refractivity contribution in [2.45, 2.75) is 19.0 Å². The molecule has 0 aliphatic carbocycles. The van der Waals surface area contributed by atoms with Crippen molar-refractivity contribution in [3.63, 3.8) is 0 Å². The van der Waals surface area contributed by atoms with E-state index in [1.807, 2.05) is 0 Å². The van der Waals surface area contributed by atoms with Gasteiger partial charge in [-0.05, 0) is 11.1 Å². The standard InChI is InChI=1S/C15H17BN/c1-16-11-14(16)15-10-13(8-9-17(15)2)12-6-4-3-5-7-12/h3-10,14H,11H2,1-2H3/q+1. The number of benzene rings is 1. The lowest BCUT2D eigenvalue weighted by Gasteiger charge is -2.03. The molecule has 2 heterocycles. The average molecular weight is 222 g/mol. The molecule has 2 aromatic rings. The Morgan fingerprint density at radius 2 is 1.82 bits per heavy atom. The summed E-state index contributed by atoms with van der Waals surface area (Å²) in [4.78, 5) is 0. The van der Waals surface area contributed by atoms with E-state index in [1.165, 1.54) is 23.1 Å². The zero-order valence-corrected chi connectivity index (χ0v) is 10.4. The molecule has 1 aromatic heterocycles. The number of hydrogen-bond donors (Lipinski definition) is 0. The highest BCUT2D eigenvalue weighted by Gasteiger charge is 2.42. The van der Waals surface area contributed by atoms with Gasteiger partial charge >= 0.3 is 0 Å². The molecule has 0 radical (unpaired) electrons. The third-order valence-electron chi connectivity index (χ3n) is 3.78. The highest BCUT2D eigenvalue weighted by molar-refractivity contribution is 6.70. The Morgan fingerprint density at radius 3 is 2.47 bits per heavy atom. The van der Waals surface area contributed by atoms with Gasteiger partial charge in [-0.25, -0.2) is 4.57 Å². The number of hydrogen-bond acceptors (Lipinski definition) is 0. The molecule has 1 fully saturated rings. The summed E-state index contributed by atoms with van der Waals surface area (Å²) < 4.78 is 2.26. The van der Waals surface area contributed by atoms with E-state index < -0.39 is 0 Å². The van der Waals surface area contributed by atoms with Crippen LogP contribution in [0.5, 0.6) is 0 Å². The van der Waals surface area contributed by atoms with Crippen molar-refractivity contribution in [3.8, 4) is 11.1 Å². The van der Waals surface area contributed by atoms with Crippen molar-refractivity contribution in [1.82, 2.24) is 0 Å². The summed E-state index contributed by atoms with van der Waals surface area (Å²) in [5.41, 5.74) is 4.11. The summed E-state index contributed by atoms with van der Waals surface area (Å²) >= 11 is 0. The van der Waals surface area contributed by atoms with E-state index in [0.717, 1.165) is 12.5 Å². The lowest BCUT2D eigenvalue weighted by molar-refractivity contribution is -0.678. The monoisotopic (exact) mass is 222 g/mol. The van der Waals surface area contributed by atoms with Crippen LogP contribution in [0, 0.1) is 0 Å². The minimum atomic E-state index is 0.767. The molecule has 0 amide bonds. The third-order valence-corrected chi connectivity index (χ3v) is 3.78. The van der Waals surface area contributed by atoms with Gasteiger partial charge in [0.05, 0.1) is 0 Å². The largest absolute Gasteiger partial charge is 0.206 e. The molecular weight excluding hydrogens is 205 g/mol. The molecule has 17 heavy (non-hydrogen) atoms. The fourth-order valence-corrected chi connectivity index (χ4v) is 2.50. The molecule has 1 unspecified atom stereocenters. The first kappa shape index (κ1) is 10.6. The molecule has 1 aliphatic rings. The maximum absolute atomic E-state index is 2.35. The SMILES string of the molecule is CB1CC1c1cc(-c2ccccc2)cc[n+]1C. The van der Waals surface area contributed by atoms with Gasteiger partial charge in [0, 0.05) is 17.9 Å². The van der Waals surface area contributed by atoms with E-state index in [9.17, 15) is 0 Å². The van der Waals surface area contributed by atoms with Crippen molar-refractivity contribution >= 4 is 6.71 Å². The van der Waals surface area contributed by atoms with Crippen LogP contribution in [0.3, 0.4) is 0 Å². The molecular formula is C15H17BN+. The predicted octanol–water partition coefficient (Wildman–Crippen LogP) is 2.94. The van der Waals surface area contributed by atoms with Crippen LogP contribution in [0.2, 0.25) is 13.1 Å². The summed E-state index contributed by atoms with van der Waals surface area (Å²) in [6.45, 7) is 3.19. The lowest BCUT2D eigenvalue weighted by Crippen LogP contribution is -2.33. The molecule has 0 bridgehead atoms. The van der Waals surface area contributed by atoms with Gasteiger partial charge < -0.3 is 0 Å². The van der Waals surface area contributed by atoms with Crippen LogP contribution in [0.25, 0.3) is 11.1 Å². The van der Waals surface area contributed by atoms with E-state index in [0.29, 0.717) is 0 Å². The second kappa shape index (κ2) is 4.03. The molecule has 1 aliphatic heterocycles. The highest BCUT2D eigenvalue weighted by atomic mass is 14.9. The first-order chi connectivity index (χ1) is 8.25. The van der Waals surface area contributed by atoms with Crippen molar-refractivity contribution < 1.29 is 4.57 Å². The van der Waals surface area contributed by atoms with Crippen LogP contribution in [0.4, 0.5) is 0 Å². The molecule has 3 rings (SSSR count). The Morgan fingerprint density at radius 1 is 1.12 bits per heavy atom. The molecule has 0 N–H and O–H groups in total. The Bertz CT molecular complexity index is 536. The number of aryl methyl sites for hydroxylation is 1. The van der Waals surface area contributed by atoms with Crippen LogP contribution in [-0.4, -0.2) is 6.71 Å². The first-order valence-corrected chi connectivity index (χ1v) is 6.30. The molecule has 1 saturated heterocycles. The maximum Gasteiger partial charge on any atom is 0.176 e. The van der Waals surface area contributed by atoms with E-state index in [1.54, 1.807) is 0 Å². The zero-order chi connectivity index (χ0) is 11.8. The second-order valence-electron chi connectivity index (χ2n) is 5.14. The highest BCUT2D eigenvalue weighted by Crippen LogP contribution is 2.39. The van der Waals surface area contributed by atoms with E-state index >= 15 is 0 Å². The summed E-state index contributed by atoms with van der Waals surface area (Å²) in [6, 6.07) is 15.2. The summed E-state index contributed by atoms with van der Waals surface area (Å²) in [5.74, 6) is 0.767. The van der Waals surface area contributed by atoms with Gasteiger partial charge in [0.1, 0.15) is 7.05 Å². The maximum atomic E-state index is 2.35. The number of rotatable bonds is 2. The Hall–Kier alpha value is -1.57. The van der Waals surface area contributed by atoms with Crippen molar-refractivity contribution in [3.05, 3.63) is 54.4 Å². The van der Waals surface area contributed by atoms with Gasteiger partial charge in [-0.1, -0.05) is 43.5 Å². The van der Waals surface area contributed by atoms with Gasteiger partial charge in [-0.15, -0.1) is 0 Å². The number of nitrogens with zero attached hydrogens (tertiary/aromatic N) is 1. The van der Waals surface area contributed by atoms with E-state index in [4.69, 9.17) is 0 Å². The lowest BCUT2D eigenvalue weighted by atomic mass is 9.70. The van der Waals surface area contributed by atoms with Crippen LogP contribution in [-0.2, 0) is 7.05 Å². The topological polar surface area (TPSA) is 3.88 Å². The molecule has 2 heteroatoms. The Labute approximate surface area is 103 Å². The molecule has 0 spiro atoms. The minimum absolute atomic E-state index is 0.767. The van der Waals surface area contributed by atoms with Gasteiger partial charge in [0.25, 0.3) is 0 Å².